The molecule has 0 amide bonds. The van der Waals surface area contributed by atoms with E-state index in [1.165, 1.54) is 12.5 Å². The Hall–Kier alpha value is -4.48. The van der Waals surface area contributed by atoms with Crippen molar-refractivity contribution in [3.05, 3.63) is 77.4 Å². The zero-order valence-corrected chi connectivity index (χ0v) is 25.4. The normalized spacial score (nSPS) is 16.9. The summed E-state index contributed by atoms with van der Waals surface area (Å²) >= 11 is 0. The number of likely N-dealkylation sites (N-methyl/N-ethyl adjacent to an activating group) is 1. The van der Waals surface area contributed by atoms with Crippen LogP contribution in [0.5, 0.6) is 5.75 Å². The predicted molar refractivity (Wildman–Crippen MR) is 175 cm³/mol. The van der Waals surface area contributed by atoms with Crippen molar-refractivity contribution in [3.63, 3.8) is 0 Å². The van der Waals surface area contributed by atoms with Gasteiger partial charge in [0.25, 0.3) is 5.56 Å². The van der Waals surface area contributed by atoms with Gasteiger partial charge < -0.3 is 30.3 Å². The highest BCUT2D eigenvalue weighted by molar-refractivity contribution is 5.75. The lowest BCUT2D eigenvalue weighted by molar-refractivity contribution is 0.253. The molecule has 44 heavy (non-hydrogen) atoms. The van der Waals surface area contributed by atoms with Gasteiger partial charge in [0.2, 0.25) is 5.95 Å². The van der Waals surface area contributed by atoms with Crippen molar-refractivity contribution in [2.24, 2.45) is 0 Å². The molecule has 1 saturated heterocycles. The first-order valence-electron chi connectivity index (χ1n) is 15.3. The molecule has 1 unspecified atom stereocenters. The number of nitrogens with zero attached hydrogens (tertiary/aromatic N) is 6. The van der Waals surface area contributed by atoms with Crippen molar-refractivity contribution >= 4 is 34.2 Å². The maximum absolute atomic E-state index is 14.2. The Labute approximate surface area is 257 Å². The molecule has 1 aliphatic carbocycles. The van der Waals surface area contributed by atoms with Gasteiger partial charge in [0.1, 0.15) is 23.2 Å². The molecule has 3 N–H and O–H groups in total. The van der Waals surface area contributed by atoms with Gasteiger partial charge in [-0.25, -0.2) is 9.97 Å². The molecule has 4 aromatic rings. The predicted octanol–water partition coefficient (Wildman–Crippen LogP) is 4.64. The second kappa shape index (κ2) is 13.0. The van der Waals surface area contributed by atoms with Gasteiger partial charge in [-0.2, -0.15) is 4.98 Å². The summed E-state index contributed by atoms with van der Waals surface area (Å²) in [7, 11) is 3.79. The number of anilines is 4. The first-order valence-corrected chi connectivity index (χ1v) is 15.3. The third-order valence-electron chi connectivity index (χ3n) is 8.56. The smallest absolute Gasteiger partial charge is 0.278 e. The van der Waals surface area contributed by atoms with Crippen molar-refractivity contribution in [2.75, 3.05) is 55.9 Å². The molecule has 2 aromatic heterocycles. The average molecular weight is 597 g/mol. The van der Waals surface area contributed by atoms with Gasteiger partial charge in [-0.05, 0) is 56.3 Å². The first kappa shape index (κ1) is 29.6. The molecule has 3 heterocycles. The highest BCUT2D eigenvalue weighted by Gasteiger charge is 2.24. The highest BCUT2D eigenvalue weighted by Crippen LogP contribution is 2.33. The van der Waals surface area contributed by atoms with E-state index in [9.17, 15) is 9.90 Å². The number of methoxy groups -OCH3 is 1. The van der Waals surface area contributed by atoms with E-state index in [0.717, 1.165) is 63.2 Å². The molecule has 0 spiro atoms. The largest absolute Gasteiger partial charge is 0.494 e. The standard InChI is InChI=1S/C33H40N8O3/c1-4-29(42)35-23-11-8-12-25(19-23)41-31-27(36-30(32(41)43)22-9-6-5-7-10-22)21-34-33(38-31)37-26-14-13-24(20-28(26)44-3)40-17-15-39(2)16-18-40/h4,8,11-14,19-22,29,35,42H,1,5-7,9-10,15-18H2,2-3H3,(H,34,37,38). The first-order chi connectivity index (χ1) is 21.4. The van der Waals surface area contributed by atoms with E-state index >= 15 is 0 Å². The minimum Gasteiger partial charge on any atom is -0.494 e. The maximum atomic E-state index is 14.2. The van der Waals surface area contributed by atoms with Crippen molar-refractivity contribution < 1.29 is 9.84 Å². The van der Waals surface area contributed by atoms with E-state index in [1.807, 2.05) is 36.4 Å². The summed E-state index contributed by atoms with van der Waals surface area (Å²) in [6, 6.07) is 13.4. The van der Waals surface area contributed by atoms with Crippen molar-refractivity contribution in [2.45, 2.75) is 44.2 Å². The number of aliphatic hydroxyl groups excluding tert-OH is 1. The van der Waals surface area contributed by atoms with Crippen LogP contribution < -0.4 is 25.8 Å². The number of piperazine rings is 1. The Bertz CT molecular complexity index is 1690. The summed E-state index contributed by atoms with van der Waals surface area (Å²) < 4.78 is 7.36. The van der Waals surface area contributed by atoms with Crippen LogP contribution in [-0.4, -0.2) is 76.1 Å². The summed E-state index contributed by atoms with van der Waals surface area (Å²) in [5, 5.41) is 16.4. The second-order valence-electron chi connectivity index (χ2n) is 11.6. The third kappa shape index (κ3) is 6.24. The van der Waals surface area contributed by atoms with Crippen LogP contribution in [0.2, 0.25) is 0 Å². The van der Waals surface area contributed by atoms with Crippen LogP contribution in [0.4, 0.5) is 23.0 Å². The minimum absolute atomic E-state index is 0.0941. The van der Waals surface area contributed by atoms with Gasteiger partial charge in [0.15, 0.2) is 5.65 Å². The van der Waals surface area contributed by atoms with E-state index in [2.05, 4.69) is 45.1 Å². The Morgan fingerprint density at radius 1 is 1.05 bits per heavy atom. The van der Waals surface area contributed by atoms with Crippen LogP contribution in [-0.2, 0) is 0 Å². The third-order valence-corrected chi connectivity index (χ3v) is 8.56. The van der Waals surface area contributed by atoms with E-state index in [0.29, 0.717) is 39.9 Å². The van der Waals surface area contributed by atoms with Crippen molar-refractivity contribution in [1.29, 1.82) is 0 Å². The molecule has 230 valence electrons. The SMILES string of the molecule is C=CC(O)Nc1cccc(-n2c(=O)c(C3CCCCC3)nc3cnc(Nc4ccc(N5CCN(C)CC5)cc4OC)nc32)c1. The molecule has 11 nitrogen and oxygen atoms in total. The monoisotopic (exact) mass is 596 g/mol. The van der Waals surface area contributed by atoms with E-state index < -0.39 is 6.23 Å². The summed E-state index contributed by atoms with van der Waals surface area (Å²) in [6.45, 7) is 7.57. The topological polar surface area (TPSA) is 121 Å². The second-order valence-corrected chi connectivity index (χ2v) is 11.6. The number of rotatable bonds is 9. The van der Waals surface area contributed by atoms with Gasteiger partial charge in [0.05, 0.1) is 24.7 Å². The van der Waals surface area contributed by atoms with E-state index in [1.54, 1.807) is 17.9 Å². The summed E-state index contributed by atoms with van der Waals surface area (Å²) in [6.07, 6.45) is 7.35. The molecule has 1 atom stereocenters. The fourth-order valence-corrected chi connectivity index (χ4v) is 6.07. The zero-order valence-electron chi connectivity index (χ0n) is 25.4. The quantitative estimate of drug-likeness (QED) is 0.186. The minimum atomic E-state index is -0.926. The van der Waals surface area contributed by atoms with Gasteiger partial charge in [-0.1, -0.05) is 31.9 Å². The fraction of sp³-hybridized carbons (Fsp3) is 0.394. The molecule has 0 radical (unpaired) electrons. The van der Waals surface area contributed by atoms with Gasteiger partial charge in [-0.15, -0.1) is 0 Å². The maximum Gasteiger partial charge on any atom is 0.278 e. The van der Waals surface area contributed by atoms with E-state index in [-0.39, 0.29) is 11.5 Å². The lowest BCUT2D eigenvalue weighted by Crippen LogP contribution is -2.44. The number of fused-ring (bicyclic) bond motifs is 1. The average Bonchev–Trinajstić information content (AvgIpc) is 3.05. The highest BCUT2D eigenvalue weighted by atomic mass is 16.5. The molecule has 2 aliphatic rings. The molecule has 0 bridgehead atoms. The summed E-state index contributed by atoms with van der Waals surface area (Å²) in [4.78, 5) is 33.1. The number of hydrogen-bond donors (Lipinski definition) is 3. The number of aromatic nitrogens is 4. The molecule has 1 aliphatic heterocycles. The van der Waals surface area contributed by atoms with Crippen molar-refractivity contribution in [3.8, 4) is 11.4 Å². The van der Waals surface area contributed by atoms with Crippen LogP contribution in [0.25, 0.3) is 16.9 Å². The molecule has 2 aromatic carbocycles. The number of aliphatic hydroxyl groups is 1. The van der Waals surface area contributed by atoms with Crippen LogP contribution in [0.1, 0.15) is 43.7 Å². The van der Waals surface area contributed by atoms with Crippen LogP contribution in [0, 0.1) is 0 Å². The van der Waals surface area contributed by atoms with Gasteiger partial charge >= 0.3 is 0 Å². The lowest BCUT2D eigenvalue weighted by Gasteiger charge is -2.34. The van der Waals surface area contributed by atoms with Crippen molar-refractivity contribution in [1.82, 2.24) is 24.4 Å². The molecule has 6 rings (SSSR count). The Morgan fingerprint density at radius 2 is 1.84 bits per heavy atom. The van der Waals surface area contributed by atoms with E-state index in [4.69, 9.17) is 14.7 Å². The summed E-state index contributed by atoms with van der Waals surface area (Å²) in [5.41, 5.74) is 4.36. The molecule has 1 saturated carbocycles. The summed E-state index contributed by atoms with van der Waals surface area (Å²) in [5.74, 6) is 1.09. The van der Waals surface area contributed by atoms with Crippen LogP contribution in [0.15, 0.2) is 66.1 Å². The number of nitrogens with one attached hydrogen (secondary N) is 2. The lowest BCUT2D eigenvalue weighted by atomic mass is 9.87. The molecule has 2 fully saturated rings. The number of hydrogen-bond acceptors (Lipinski definition) is 10. The zero-order chi connectivity index (χ0) is 30.6. The van der Waals surface area contributed by atoms with Crippen LogP contribution >= 0.6 is 0 Å². The van der Waals surface area contributed by atoms with Crippen LogP contribution in [0.3, 0.4) is 0 Å². The Morgan fingerprint density at radius 3 is 2.59 bits per heavy atom. The fourth-order valence-electron chi connectivity index (χ4n) is 6.07. The number of ether oxygens (including phenoxy) is 1. The molecule has 11 heteroatoms. The molecular weight excluding hydrogens is 556 g/mol. The molecular formula is C33H40N8O3. The number of benzene rings is 2. The van der Waals surface area contributed by atoms with Gasteiger partial charge in [0, 0.05) is 49.5 Å². The van der Waals surface area contributed by atoms with Gasteiger partial charge in [-0.3, -0.25) is 9.36 Å². The Balaban J connectivity index is 1.40. The Kier molecular flexibility index (Phi) is 8.76.